The van der Waals surface area contributed by atoms with Crippen LogP contribution in [-0.4, -0.2) is 19.6 Å². The van der Waals surface area contributed by atoms with Crippen LogP contribution in [0, 0.1) is 5.92 Å². The van der Waals surface area contributed by atoms with E-state index in [4.69, 9.17) is 5.53 Å². The van der Waals surface area contributed by atoms with Crippen LogP contribution < -0.4 is 10.9 Å². The molecule has 2 unspecified atom stereocenters. The summed E-state index contributed by atoms with van der Waals surface area (Å²) < 4.78 is 0. The Morgan fingerprint density at radius 1 is 1.58 bits per heavy atom. The topological polar surface area (TPSA) is 72.8 Å². The van der Waals surface area contributed by atoms with Gasteiger partial charge in [0.15, 0.2) is 0 Å². The third-order valence-electron chi connectivity index (χ3n) is 2.37. The fourth-order valence-electron chi connectivity index (χ4n) is 1.77. The summed E-state index contributed by atoms with van der Waals surface area (Å²) in [7, 11) is 1.86. The summed E-state index contributed by atoms with van der Waals surface area (Å²) in [5, 5.41) is 3.60. The van der Waals surface area contributed by atoms with Gasteiger partial charge < -0.3 is 0 Å². The molecule has 0 aliphatic heterocycles. The van der Waals surface area contributed by atoms with Gasteiger partial charge in [0, 0.05) is 17.5 Å². The maximum Gasteiger partial charge on any atom is 0.0301 e. The molecule has 0 spiro atoms. The van der Waals surface area contributed by atoms with E-state index < -0.39 is 0 Å². The zero-order valence-corrected chi connectivity index (χ0v) is 7.32. The van der Waals surface area contributed by atoms with E-state index >= 15 is 0 Å². The molecule has 1 saturated carbocycles. The first-order valence-corrected chi connectivity index (χ1v) is 4.31. The van der Waals surface area contributed by atoms with Crippen molar-refractivity contribution < 1.29 is 0 Å². The summed E-state index contributed by atoms with van der Waals surface area (Å²) in [4.78, 5) is 2.77. The Hall–Kier alpha value is -0.770. The Morgan fingerprint density at radius 3 is 3.08 bits per heavy atom. The van der Waals surface area contributed by atoms with E-state index in [0.29, 0.717) is 18.5 Å². The summed E-state index contributed by atoms with van der Waals surface area (Å²) in [6, 6.07) is 0.473. The molecule has 0 radical (unpaired) electrons. The Kier molecular flexibility index (Phi) is 3.87. The summed E-state index contributed by atoms with van der Waals surface area (Å²) in [5.41, 5.74) is 14.3. The zero-order valence-electron chi connectivity index (χ0n) is 7.32. The predicted octanol–water partition coefficient (Wildman–Crippen LogP) is 1.19. The number of hydrogen-bond donors (Lipinski definition) is 2. The van der Waals surface area contributed by atoms with Gasteiger partial charge in [-0.15, -0.1) is 0 Å². The molecule has 5 heteroatoms. The van der Waals surface area contributed by atoms with Gasteiger partial charge in [-0.05, 0) is 31.3 Å². The van der Waals surface area contributed by atoms with Gasteiger partial charge in [0.2, 0.25) is 0 Å². The summed E-state index contributed by atoms with van der Waals surface area (Å²) in [6.07, 6.45) is 3.57. The van der Waals surface area contributed by atoms with E-state index in [2.05, 4.69) is 20.9 Å². The van der Waals surface area contributed by atoms with Crippen molar-refractivity contribution in [2.45, 2.75) is 25.3 Å². The highest BCUT2D eigenvalue weighted by molar-refractivity contribution is 4.83. The van der Waals surface area contributed by atoms with E-state index in [1.54, 1.807) is 0 Å². The first kappa shape index (κ1) is 9.32. The lowest BCUT2D eigenvalue weighted by Gasteiger charge is -2.18. The van der Waals surface area contributed by atoms with Crippen molar-refractivity contribution in [3.05, 3.63) is 10.4 Å². The second kappa shape index (κ2) is 4.98. The Morgan fingerprint density at radius 2 is 2.42 bits per heavy atom. The maximum absolute atomic E-state index is 8.17. The lowest BCUT2D eigenvalue weighted by atomic mass is 10.1. The van der Waals surface area contributed by atoms with Crippen molar-refractivity contribution in [3.63, 3.8) is 0 Å². The lowest BCUT2D eigenvalue weighted by molar-refractivity contribution is 0.375. The molecule has 0 aromatic carbocycles. The molecule has 12 heavy (non-hydrogen) atoms. The Labute approximate surface area is 72.1 Å². The smallest absolute Gasteiger partial charge is 0.0301 e. The molecule has 1 fully saturated rings. The normalized spacial score (nSPS) is 28.4. The number of rotatable bonds is 4. The number of nitrogens with zero attached hydrogens (tertiary/aromatic N) is 3. The summed E-state index contributed by atoms with van der Waals surface area (Å²) in [5.74, 6) is 0.508. The molecule has 0 bridgehead atoms. The molecule has 1 rings (SSSR count). The third-order valence-corrected chi connectivity index (χ3v) is 2.37. The average Bonchev–Trinajstić information content (AvgIpc) is 2.50. The molecule has 5 nitrogen and oxygen atoms in total. The van der Waals surface area contributed by atoms with Crippen LogP contribution in [0.1, 0.15) is 19.3 Å². The Balaban J connectivity index is 2.34. The molecule has 2 atom stereocenters. The molecule has 1 aliphatic carbocycles. The zero-order chi connectivity index (χ0) is 8.81. The highest BCUT2D eigenvalue weighted by Crippen LogP contribution is 2.25. The maximum atomic E-state index is 8.17. The predicted molar refractivity (Wildman–Crippen MR) is 47.3 cm³/mol. The fourth-order valence-corrected chi connectivity index (χ4v) is 1.77. The van der Waals surface area contributed by atoms with Gasteiger partial charge in [0.25, 0.3) is 0 Å². The van der Waals surface area contributed by atoms with Crippen molar-refractivity contribution >= 4 is 0 Å². The van der Waals surface area contributed by atoms with Gasteiger partial charge in [0.1, 0.15) is 0 Å². The molecule has 1 aliphatic rings. The molecular formula is C7H15N5. The quantitative estimate of drug-likeness (QED) is 0.287. The van der Waals surface area contributed by atoms with Crippen LogP contribution in [0.15, 0.2) is 5.11 Å². The average molecular weight is 169 g/mol. The lowest BCUT2D eigenvalue weighted by Crippen LogP contribution is -2.41. The number of hydrazine groups is 1. The molecule has 0 amide bonds. The molecular weight excluding hydrogens is 154 g/mol. The van der Waals surface area contributed by atoms with E-state index in [0.717, 1.165) is 0 Å². The van der Waals surface area contributed by atoms with Crippen LogP contribution in [0.4, 0.5) is 0 Å². The number of hydrogen-bond acceptors (Lipinski definition) is 3. The largest absolute Gasteiger partial charge is 0.261 e. The highest BCUT2D eigenvalue weighted by Gasteiger charge is 2.25. The summed E-state index contributed by atoms with van der Waals surface area (Å²) in [6.45, 7) is 0.621. The molecule has 68 valence electrons. The SMILES string of the molecule is CNNC1CCCC1CN=[N+]=[N-]. The van der Waals surface area contributed by atoms with Gasteiger partial charge in [-0.3, -0.25) is 10.9 Å². The fraction of sp³-hybridized carbons (Fsp3) is 1.00. The van der Waals surface area contributed by atoms with Gasteiger partial charge in [-0.25, -0.2) is 0 Å². The van der Waals surface area contributed by atoms with E-state index in [1.165, 1.54) is 19.3 Å². The van der Waals surface area contributed by atoms with E-state index in [1.807, 2.05) is 7.05 Å². The monoisotopic (exact) mass is 169 g/mol. The highest BCUT2D eigenvalue weighted by atomic mass is 15.4. The van der Waals surface area contributed by atoms with Crippen molar-refractivity contribution in [1.29, 1.82) is 0 Å². The van der Waals surface area contributed by atoms with E-state index in [9.17, 15) is 0 Å². The first-order chi connectivity index (χ1) is 5.88. The molecule has 0 aromatic heterocycles. The molecule has 2 N–H and O–H groups in total. The van der Waals surface area contributed by atoms with Crippen LogP contribution in [0.3, 0.4) is 0 Å². The third kappa shape index (κ3) is 2.37. The van der Waals surface area contributed by atoms with Crippen LogP contribution in [0.2, 0.25) is 0 Å². The second-order valence-corrected chi connectivity index (χ2v) is 3.11. The van der Waals surface area contributed by atoms with Gasteiger partial charge in [-0.2, -0.15) is 0 Å². The van der Waals surface area contributed by atoms with Crippen LogP contribution in [0.5, 0.6) is 0 Å². The minimum absolute atomic E-state index is 0.473. The van der Waals surface area contributed by atoms with Crippen molar-refractivity contribution in [1.82, 2.24) is 10.9 Å². The van der Waals surface area contributed by atoms with Crippen LogP contribution >= 0.6 is 0 Å². The molecule has 0 heterocycles. The Bertz CT molecular complexity index is 175. The number of azide groups is 1. The van der Waals surface area contributed by atoms with Crippen molar-refractivity contribution in [3.8, 4) is 0 Å². The standard InChI is InChI=1S/C7H15N5/c1-9-11-7-4-2-3-6(7)5-10-12-8/h6-7,9,11H,2-5H2,1H3. The van der Waals surface area contributed by atoms with Crippen molar-refractivity contribution in [2.75, 3.05) is 13.6 Å². The van der Waals surface area contributed by atoms with Gasteiger partial charge in [0.05, 0.1) is 0 Å². The molecule has 0 aromatic rings. The summed E-state index contributed by atoms with van der Waals surface area (Å²) >= 11 is 0. The van der Waals surface area contributed by atoms with Gasteiger partial charge >= 0.3 is 0 Å². The van der Waals surface area contributed by atoms with Crippen LogP contribution in [0.25, 0.3) is 10.4 Å². The van der Waals surface area contributed by atoms with Crippen LogP contribution in [-0.2, 0) is 0 Å². The number of nitrogens with one attached hydrogen (secondary N) is 2. The van der Waals surface area contributed by atoms with Gasteiger partial charge in [-0.1, -0.05) is 11.5 Å². The van der Waals surface area contributed by atoms with E-state index in [-0.39, 0.29) is 0 Å². The minimum Gasteiger partial charge on any atom is -0.261 e. The van der Waals surface area contributed by atoms with Crippen molar-refractivity contribution in [2.24, 2.45) is 11.0 Å². The molecule has 0 saturated heterocycles. The minimum atomic E-state index is 0.473. The second-order valence-electron chi connectivity index (χ2n) is 3.11. The first-order valence-electron chi connectivity index (χ1n) is 4.31.